The summed E-state index contributed by atoms with van der Waals surface area (Å²) in [5, 5.41) is 0. The van der Waals surface area contributed by atoms with E-state index in [9.17, 15) is 8.78 Å². The van der Waals surface area contributed by atoms with Crippen LogP contribution in [-0.4, -0.2) is 16.1 Å². The molecule has 0 bridgehead atoms. The number of rotatable bonds is 17. The molecule has 2 rings (SSSR count). The summed E-state index contributed by atoms with van der Waals surface area (Å²) in [6, 6.07) is 6.59. The molecule has 5 heteroatoms. The number of halogens is 2. The molecule has 0 fully saturated rings. The Morgan fingerprint density at radius 1 is 0.719 bits per heavy atom. The van der Waals surface area contributed by atoms with Crippen molar-refractivity contribution in [2.75, 3.05) is 0 Å². The number of benzene rings is 1. The van der Waals surface area contributed by atoms with Crippen LogP contribution in [0.15, 0.2) is 36.7 Å². The van der Waals surface area contributed by atoms with Crippen LogP contribution in [0.5, 0.6) is 5.75 Å². The van der Waals surface area contributed by atoms with Gasteiger partial charge in [0.15, 0.2) is 5.82 Å². The van der Waals surface area contributed by atoms with Crippen molar-refractivity contribution in [2.45, 2.75) is 110 Å². The molecular formula is C27H40F2N2O. The topological polar surface area (TPSA) is 35.0 Å². The summed E-state index contributed by atoms with van der Waals surface area (Å²) in [6.45, 7) is 4.31. The van der Waals surface area contributed by atoms with Gasteiger partial charge in [-0.15, -0.1) is 0 Å². The third-order valence-corrected chi connectivity index (χ3v) is 5.73. The van der Waals surface area contributed by atoms with Crippen LogP contribution in [-0.2, 0) is 6.42 Å². The van der Waals surface area contributed by atoms with Crippen LogP contribution >= 0.6 is 0 Å². The fraction of sp³-hybridized carbons (Fsp3) is 0.630. The lowest BCUT2D eigenvalue weighted by Gasteiger charge is -2.18. The molecule has 0 N–H and O–H groups in total. The fourth-order valence-electron chi connectivity index (χ4n) is 3.75. The highest BCUT2D eigenvalue weighted by atomic mass is 19.3. The fourth-order valence-corrected chi connectivity index (χ4v) is 3.75. The molecule has 0 atom stereocenters. The Morgan fingerprint density at radius 2 is 1.25 bits per heavy atom. The first kappa shape index (κ1) is 26.2. The van der Waals surface area contributed by atoms with Gasteiger partial charge < -0.3 is 4.74 Å². The van der Waals surface area contributed by atoms with Gasteiger partial charge in [-0.3, -0.25) is 0 Å². The molecule has 1 aromatic heterocycles. The van der Waals surface area contributed by atoms with Gasteiger partial charge >= 0.3 is 6.11 Å². The van der Waals surface area contributed by atoms with Crippen LogP contribution in [0.25, 0.3) is 11.4 Å². The summed E-state index contributed by atoms with van der Waals surface area (Å²) in [4.78, 5) is 8.92. The summed E-state index contributed by atoms with van der Waals surface area (Å²) in [6.07, 6.45) is 15.0. The van der Waals surface area contributed by atoms with Gasteiger partial charge in [0, 0.05) is 18.0 Å². The largest absolute Gasteiger partial charge is 0.433 e. The Kier molecular flexibility index (Phi) is 12.2. The minimum Gasteiger partial charge on any atom is -0.433 e. The molecule has 0 amide bonds. The van der Waals surface area contributed by atoms with Gasteiger partial charge in [0.2, 0.25) is 0 Å². The highest BCUT2D eigenvalue weighted by Crippen LogP contribution is 2.28. The molecule has 0 saturated heterocycles. The van der Waals surface area contributed by atoms with Crippen molar-refractivity contribution in [2.24, 2.45) is 0 Å². The number of ether oxygens (including phenoxy) is 1. The van der Waals surface area contributed by atoms with Gasteiger partial charge in [0.25, 0.3) is 0 Å². The summed E-state index contributed by atoms with van der Waals surface area (Å²) >= 11 is 0. The number of unbranched alkanes of at least 4 members (excludes halogenated alkanes) is 10. The van der Waals surface area contributed by atoms with Crippen LogP contribution in [0, 0.1) is 0 Å². The molecule has 0 aliphatic heterocycles. The highest BCUT2D eigenvalue weighted by Gasteiger charge is 2.30. The second-order valence-electron chi connectivity index (χ2n) is 8.71. The standard InChI is InChI=1S/C27H40F2N2O/c1-3-5-7-9-10-11-12-13-15-23-21-30-26(31-22-23)24-16-18-25(19-17-24)32-27(28,29)20-14-8-6-4-2/h16-19,21-22H,3-15,20H2,1-2H3. The second kappa shape index (κ2) is 14.9. The van der Waals surface area contributed by atoms with Crippen molar-refractivity contribution < 1.29 is 13.5 Å². The molecule has 1 heterocycles. The van der Waals surface area contributed by atoms with Crippen molar-refractivity contribution >= 4 is 0 Å². The SMILES string of the molecule is CCCCCCCCCCc1cnc(-c2ccc(OC(F)(F)CCCCCC)cc2)nc1. The summed E-state index contributed by atoms with van der Waals surface area (Å²) < 4.78 is 32.9. The minimum absolute atomic E-state index is 0.167. The highest BCUT2D eigenvalue weighted by molar-refractivity contribution is 5.55. The van der Waals surface area contributed by atoms with E-state index in [-0.39, 0.29) is 12.2 Å². The average Bonchev–Trinajstić information content (AvgIpc) is 2.79. The smallest absolute Gasteiger partial charge is 0.397 e. The van der Waals surface area contributed by atoms with Gasteiger partial charge in [0.1, 0.15) is 5.75 Å². The Bertz CT molecular complexity index is 732. The first-order valence-electron chi connectivity index (χ1n) is 12.5. The summed E-state index contributed by atoms with van der Waals surface area (Å²) in [5.41, 5.74) is 1.93. The minimum atomic E-state index is -3.14. The van der Waals surface area contributed by atoms with Crippen LogP contribution < -0.4 is 4.74 Å². The van der Waals surface area contributed by atoms with E-state index in [2.05, 4.69) is 23.8 Å². The first-order chi connectivity index (χ1) is 15.5. The molecule has 3 nitrogen and oxygen atoms in total. The zero-order chi connectivity index (χ0) is 23.1. The number of hydrogen-bond donors (Lipinski definition) is 0. The zero-order valence-corrected chi connectivity index (χ0v) is 19.9. The average molecular weight is 447 g/mol. The number of aryl methyl sites for hydroxylation is 1. The third kappa shape index (κ3) is 10.5. The predicted octanol–water partition coefficient (Wildman–Crippen LogP) is 8.77. The molecule has 32 heavy (non-hydrogen) atoms. The van der Waals surface area contributed by atoms with Gasteiger partial charge in [0.05, 0.1) is 6.42 Å². The molecule has 2 aromatic rings. The summed E-state index contributed by atoms with van der Waals surface area (Å²) in [5.74, 6) is 0.767. The normalized spacial score (nSPS) is 11.6. The van der Waals surface area contributed by atoms with Crippen LogP contribution in [0.4, 0.5) is 8.78 Å². The van der Waals surface area contributed by atoms with Gasteiger partial charge in [-0.1, -0.05) is 78.1 Å². The number of aromatic nitrogens is 2. The Labute approximate surface area is 193 Å². The molecular weight excluding hydrogens is 406 g/mol. The van der Waals surface area contributed by atoms with E-state index in [0.717, 1.165) is 43.2 Å². The van der Waals surface area contributed by atoms with E-state index in [0.29, 0.717) is 12.2 Å². The Hall–Kier alpha value is -2.04. The van der Waals surface area contributed by atoms with Gasteiger partial charge in [-0.2, -0.15) is 8.78 Å². The van der Waals surface area contributed by atoms with Crippen LogP contribution in [0.2, 0.25) is 0 Å². The molecule has 0 aliphatic rings. The van der Waals surface area contributed by atoms with Crippen molar-refractivity contribution in [1.82, 2.24) is 9.97 Å². The number of alkyl halides is 2. The lowest BCUT2D eigenvalue weighted by molar-refractivity contribution is -0.181. The summed E-state index contributed by atoms with van der Waals surface area (Å²) in [7, 11) is 0. The number of nitrogens with zero attached hydrogens (tertiary/aromatic N) is 2. The molecule has 0 radical (unpaired) electrons. The molecule has 178 valence electrons. The third-order valence-electron chi connectivity index (χ3n) is 5.73. The second-order valence-corrected chi connectivity index (χ2v) is 8.71. The maximum atomic E-state index is 14.0. The molecule has 0 aliphatic carbocycles. The molecule has 1 aromatic carbocycles. The molecule has 0 unspecified atom stereocenters. The first-order valence-corrected chi connectivity index (χ1v) is 12.5. The van der Waals surface area contributed by atoms with E-state index in [4.69, 9.17) is 4.74 Å². The van der Waals surface area contributed by atoms with E-state index in [1.54, 1.807) is 24.3 Å². The molecule has 0 saturated carbocycles. The van der Waals surface area contributed by atoms with Crippen LogP contribution in [0.3, 0.4) is 0 Å². The predicted molar refractivity (Wildman–Crippen MR) is 128 cm³/mol. The lowest BCUT2D eigenvalue weighted by atomic mass is 10.1. The van der Waals surface area contributed by atoms with E-state index in [1.165, 1.54) is 44.9 Å². The van der Waals surface area contributed by atoms with Crippen molar-refractivity contribution in [3.8, 4) is 17.1 Å². The van der Waals surface area contributed by atoms with E-state index in [1.807, 2.05) is 12.4 Å². The quantitative estimate of drug-likeness (QED) is 0.228. The van der Waals surface area contributed by atoms with E-state index < -0.39 is 6.11 Å². The van der Waals surface area contributed by atoms with Crippen molar-refractivity contribution in [1.29, 1.82) is 0 Å². The maximum Gasteiger partial charge on any atom is 0.397 e. The van der Waals surface area contributed by atoms with Gasteiger partial charge in [-0.05, 0) is 49.1 Å². The Morgan fingerprint density at radius 3 is 1.84 bits per heavy atom. The van der Waals surface area contributed by atoms with E-state index >= 15 is 0 Å². The maximum absolute atomic E-state index is 14.0. The lowest BCUT2D eigenvalue weighted by Crippen LogP contribution is -2.24. The monoisotopic (exact) mass is 446 g/mol. The van der Waals surface area contributed by atoms with Crippen molar-refractivity contribution in [3.05, 3.63) is 42.2 Å². The van der Waals surface area contributed by atoms with Gasteiger partial charge in [-0.25, -0.2) is 9.97 Å². The molecule has 0 spiro atoms. The van der Waals surface area contributed by atoms with Crippen LogP contribution in [0.1, 0.15) is 103 Å². The van der Waals surface area contributed by atoms with Crippen molar-refractivity contribution in [3.63, 3.8) is 0 Å². The Balaban J connectivity index is 1.74. The number of hydrogen-bond acceptors (Lipinski definition) is 3. The zero-order valence-electron chi connectivity index (χ0n) is 19.9.